The van der Waals surface area contributed by atoms with Crippen molar-refractivity contribution < 1.29 is 18.8 Å². The van der Waals surface area contributed by atoms with Crippen LogP contribution in [0, 0.1) is 5.92 Å². The van der Waals surface area contributed by atoms with Gasteiger partial charge in [-0.05, 0) is 55.3 Å². The highest BCUT2D eigenvalue weighted by molar-refractivity contribution is 7.09. The zero-order valence-corrected chi connectivity index (χ0v) is 22.4. The molecule has 198 valence electrons. The van der Waals surface area contributed by atoms with Crippen LogP contribution in [-0.2, 0) is 11.3 Å². The van der Waals surface area contributed by atoms with Crippen molar-refractivity contribution in [1.82, 2.24) is 19.9 Å². The van der Waals surface area contributed by atoms with Gasteiger partial charge in [0.05, 0.1) is 18.5 Å². The van der Waals surface area contributed by atoms with E-state index < -0.39 is 11.9 Å². The third-order valence-electron chi connectivity index (χ3n) is 6.51. The van der Waals surface area contributed by atoms with E-state index in [2.05, 4.69) is 28.9 Å². The smallest absolute Gasteiger partial charge is 0.273 e. The molecule has 0 aliphatic heterocycles. The molecule has 2 aromatic rings. The summed E-state index contributed by atoms with van der Waals surface area (Å²) in [4.78, 5) is 41.5. The van der Waals surface area contributed by atoms with Crippen LogP contribution in [0.25, 0.3) is 0 Å². The summed E-state index contributed by atoms with van der Waals surface area (Å²) in [5, 5.41) is 5.99. The van der Waals surface area contributed by atoms with E-state index >= 15 is 0 Å². The van der Waals surface area contributed by atoms with Crippen LogP contribution in [0.15, 0.2) is 22.8 Å². The summed E-state index contributed by atoms with van der Waals surface area (Å²) in [6.07, 6.45) is 8.78. The predicted octanol–water partition coefficient (Wildman–Crippen LogP) is 4.35. The number of amides is 3. The van der Waals surface area contributed by atoms with Gasteiger partial charge in [-0.2, -0.15) is 4.37 Å². The zero-order valence-electron chi connectivity index (χ0n) is 21.5. The molecule has 1 aliphatic rings. The molecule has 2 aromatic heterocycles. The van der Waals surface area contributed by atoms with E-state index in [-0.39, 0.29) is 40.7 Å². The first-order valence-corrected chi connectivity index (χ1v) is 13.8. The van der Waals surface area contributed by atoms with Gasteiger partial charge in [0.2, 0.25) is 5.91 Å². The van der Waals surface area contributed by atoms with E-state index in [9.17, 15) is 14.4 Å². The van der Waals surface area contributed by atoms with E-state index in [1.165, 1.54) is 17.6 Å². The monoisotopic (exact) mass is 517 g/mol. The summed E-state index contributed by atoms with van der Waals surface area (Å²) in [7, 11) is 0. The number of furan rings is 1. The van der Waals surface area contributed by atoms with E-state index in [4.69, 9.17) is 10.2 Å². The largest absolute Gasteiger partial charge is 0.467 e. The van der Waals surface area contributed by atoms with E-state index in [1.54, 1.807) is 12.1 Å². The molecule has 1 fully saturated rings. The van der Waals surface area contributed by atoms with Crippen LogP contribution in [0.1, 0.15) is 98.1 Å². The number of anilines is 1. The van der Waals surface area contributed by atoms with Crippen LogP contribution in [0.5, 0.6) is 0 Å². The Morgan fingerprint density at radius 2 is 1.97 bits per heavy atom. The summed E-state index contributed by atoms with van der Waals surface area (Å²) in [6.45, 7) is 6.80. The minimum Gasteiger partial charge on any atom is -0.467 e. The third-order valence-corrected chi connectivity index (χ3v) is 7.36. The maximum Gasteiger partial charge on any atom is 0.273 e. The lowest BCUT2D eigenvalue weighted by atomic mass is 9.95. The fourth-order valence-electron chi connectivity index (χ4n) is 4.44. The molecule has 0 aromatic carbocycles. The number of aromatic nitrogens is 1. The number of hydrogen-bond acceptors (Lipinski definition) is 7. The van der Waals surface area contributed by atoms with Crippen LogP contribution in [0.4, 0.5) is 5.69 Å². The Morgan fingerprint density at radius 1 is 1.22 bits per heavy atom. The Morgan fingerprint density at radius 3 is 2.61 bits per heavy atom. The number of carbonyl (C=O) groups excluding carboxylic acids is 3. The number of rotatable bonds is 12. The summed E-state index contributed by atoms with van der Waals surface area (Å²) >= 11 is 0.895. The van der Waals surface area contributed by atoms with Gasteiger partial charge in [0.15, 0.2) is 5.69 Å². The van der Waals surface area contributed by atoms with Crippen molar-refractivity contribution in [2.24, 2.45) is 5.92 Å². The molecule has 0 saturated heterocycles. The van der Waals surface area contributed by atoms with Gasteiger partial charge in [-0.3, -0.25) is 14.4 Å². The topological polar surface area (TPSA) is 131 Å². The standard InChI is InChI=1S/C26H39N5O4S/c1-4-9-20(24(32)28-14-13-17(2)3)31(16-19-12-8-15-35-19)26(34)23-21(27)22(30-36-23)25(33)29-18-10-6-5-7-11-18/h8,12,15,17-18,20H,4-7,9-11,13-14,16,27H2,1-3H3,(H,28,32)(H,29,33)/t20-/m0/s1. The number of nitrogens with two attached hydrogens (primary N) is 1. The van der Waals surface area contributed by atoms with Crippen LogP contribution in [0.3, 0.4) is 0 Å². The Balaban J connectivity index is 1.83. The lowest BCUT2D eigenvalue weighted by molar-refractivity contribution is -0.126. The SMILES string of the molecule is CCC[C@@H](C(=O)NCCC(C)C)N(Cc1ccco1)C(=O)c1snc(C(=O)NC2CCCCC2)c1N. The first-order valence-electron chi connectivity index (χ1n) is 13.0. The maximum atomic E-state index is 13.8. The average molecular weight is 518 g/mol. The van der Waals surface area contributed by atoms with Crippen molar-refractivity contribution in [3.8, 4) is 0 Å². The minimum atomic E-state index is -0.708. The van der Waals surface area contributed by atoms with Gasteiger partial charge in [-0.15, -0.1) is 0 Å². The number of nitrogen functional groups attached to an aromatic ring is 1. The van der Waals surface area contributed by atoms with Crippen LogP contribution < -0.4 is 16.4 Å². The van der Waals surface area contributed by atoms with E-state index in [1.807, 2.05) is 6.92 Å². The molecule has 9 nitrogen and oxygen atoms in total. The molecular formula is C26H39N5O4S. The fourth-order valence-corrected chi connectivity index (χ4v) is 5.20. The van der Waals surface area contributed by atoms with Crippen molar-refractivity contribution in [2.45, 2.75) is 90.8 Å². The molecule has 1 aliphatic carbocycles. The third kappa shape index (κ3) is 7.32. The first-order chi connectivity index (χ1) is 17.3. The summed E-state index contributed by atoms with van der Waals surface area (Å²) < 4.78 is 9.73. The quantitative estimate of drug-likeness (QED) is 0.384. The van der Waals surface area contributed by atoms with Crippen molar-refractivity contribution in [1.29, 1.82) is 0 Å². The molecule has 0 spiro atoms. The molecule has 0 unspecified atom stereocenters. The van der Waals surface area contributed by atoms with Gasteiger partial charge in [-0.25, -0.2) is 0 Å². The molecule has 36 heavy (non-hydrogen) atoms. The van der Waals surface area contributed by atoms with Crippen LogP contribution >= 0.6 is 11.5 Å². The van der Waals surface area contributed by atoms with E-state index in [0.717, 1.165) is 43.6 Å². The second-order valence-electron chi connectivity index (χ2n) is 9.87. The summed E-state index contributed by atoms with van der Waals surface area (Å²) in [5.41, 5.74) is 6.42. The lowest BCUT2D eigenvalue weighted by Gasteiger charge is -2.30. The normalized spacial score (nSPS) is 15.0. The molecule has 1 saturated carbocycles. The van der Waals surface area contributed by atoms with Gasteiger partial charge in [0.1, 0.15) is 16.7 Å². The summed E-state index contributed by atoms with van der Waals surface area (Å²) in [5.74, 6) is -0.00103. The molecule has 1 atom stereocenters. The first kappa shape index (κ1) is 27.7. The number of hydrogen-bond donors (Lipinski definition) is 3. The maximum absolute atomic E-state index is 13.8. The molecule has 2 heterocycles. The number of nitrogens with one attached hydrogen (secondary N) is 2. The lowest BCUT2D eigenvalue weighted by Crippen LogP contribution is -2.49. The van der Waals surface area contributed by atoms with E-state index in [0.29, 0.717) is 31.1 Å². The molecule has 0 bridgehead atoms. The van der Waals surface area contributed by atoms with Gasteiger partial charge in [0, 0.05) is 12.6 Å². The zero-order chi connectivity index (χ0) is 26.1. The Kier molecular flexibility index (Phi) is 10.3. The van der Waals surface area contributed by atoms with Crippen LogP contribution in [-0.4, -0.2) is 45.6 Å². The van der Waals surface area contributed by atoms with Crippen molar-refractivity contribution in [3.05, 3.63) is 34.7 Å². The molecule has 10 heteroatoms. The molecule has 3 amide bonds. The Labute approximate surface area is 217 Å². The van der Waals surface area contributed by atoms with Crippen molar-refractivity contribution >= 4 is 34.9 Å². The number of carbonyl (C=O) groups is 3. The van der Waals surface area contributed by atoms with Crippen molar-refractivity contribution in [2.75, 3.05) is 12.3 Å². The minimum absolute atomic E-state index is 0.0539. The molecule has 4 N–H and O–H groups in total. The summed E-state index contributed by atoms with van der Waals surface area (Å²) in [6, 6.07) is 2.90. The Bertz CT molecular complexity index is 998. The van der Waals surface area contributed by atoms with Gasteiger partial charge in [-0.1, -0.05) is 46.5 Å². The second kappa shape index (κ2) is 13.4. The fraction of sp³-hybridized carbons (Fsp3) is 0.615. The molecular weight excluding hydrogens is 478 g/mol. The second-order valence-corrected chi connectivity index (χ2v) is 10.6. The Hall–Kier alpha value is -2.88. The van der Waals surface area contributed by atoms with Gasteiger partial charge >= 0.3 is 0 Å². The highest BCUT2D eigenvalue weighted by Crippen LogP contribution is 2.27. The van der Waals surface area contributed by atoms with Gasteiger partial charge < -0.3 is 25.7 Å². The highest BCUT2D eigenvalue weighted by Gasteiger charge is 2.34. The average Bonchev–Trinajstić information content (AvgIpc) is 3.50. The molecule has 0 radical (unpaired) electrons. The highest BCUT2D eigenvalue weighted by atomic mass is 32.1. The van der Waals surface area contributed by atoms with Crippen LogP contribution in [0.2, 0.25) is 0 Å². The molecule has 3 rings (SSSR count). The van der Waals surface area contributed by atoms with Crippen molar-refractivity contribution in [3.63, 3.8) is 0 Å². The number of nitrogens with zero attached hydrogens (tertiary/aromatic N) is 2. The predicted molar refractivity (Wildman–Crippen MR) is 141 cm³/mol. The van der Waals surface area contributed by atoms with Gasteiger partial charge in [0.25, 0.3) is 11.8 Å².